The third-order valence-electron chi connectivity index (χ3n) is 4.31. The normalized spacial score (nSPS) is 10.6. The Balaban J connectivity index is 1.74. The van der Waals surface area contributed by atoms with Crippen molar-refractivity contribution in [3.05, 3.63) is 89.5 Å². The van der Waals surface area contributed by atoms with Gasteiger partial charge in [-0.05, 0) is 66.7 Å². The van der Waals surface area contributed by atoms with E-state index in [1.807, 2.05) is 18.2 Å². The second kappa shape index (κ2) is 8.34. The maximum atomic E-state index is 13.1. The van der Waals surface area contributed by atoms with Crippen LogP contribution in [-0.2, 0) is 0 Å². The van der Waals surface area contributed by atoms with Crippen molar-refractivity contribution in [2.24, 2.45) is 0 Å². The second-order valence-electron chi connectivity index (χ2n) is 6.34. The van der Waals surface area contributed by atoms with E-state index in [9.17, 15) is 9.18 Å². The van der Waals surface area contributed by atoms with Gasteiger partial charge < -0.3 is 10.1 Å². The smallest absolute Gasteiger partial charge is 0.295 e. The summed E-state index contributed by atoms with van der Waals surface area (Å²) in [4.78, 5) is 17.1. The van der Waals surface area contributed by atoms with E-state index in [1.54, 1.807) is 42.1 Å². The number of ether oxygens (including phenoxy) is 1. The van der Waals surface area contributed by atoms with Crippen molar-refractivity contribution in [3.63, 3.8) is 0 Å². The molecule has 1 N–H and O–H groups in total. The summed E-state index contributed by atoms with van der Waals surface area (Å²) in [6.07, 6.45) is 0. The van der Waals surface area contributed by atoms with Gasteiger partial charge in [0, 0.05) is 16.3 Å². The van der Waals surface area contributed by atoms with E-state index in [1.165, 1.54) is 24.3 Å². The Morgan fingerprint density at radius 2 is 1.80 bits per heavy atom. The number of nitrogens with one attached hydrogen (secondary N) is 1. The predicted molar refractivity (Wildman–Crippen MR) is 113 cm³/mol. The number of hydrogen-bond donors (Lipinski definition) is 1. The number of anilines is 1. The molecule has 0 aliphatic rings. The van der Waals surface area contributed by atoms with Crippen molar-refractivity contribution in [2.45, 2.75) is 0 Å². The summed E-state index contributed by atoms with van der Waals surface area (Å²) >= 11 is 6.13. The van der Waals surface area contributed by atoms with Gasteiger partial charge in [-0.2, -0.15) is 0 Å². The predicted octanol–water partition coefficient (Wildman–Crippen LogP) is 4.99. The lowest BCUT2D eigenvalue weighted by Gasteiger charge is -2.07. The Morgan fingerprint density at radius 1 is 1.07 bits per heavy atom. The van der Waals surface area contributed by atoms with Crippen LogP contribution < -0.4 is 10.1 Å². The topological polar surface area (TPSA) is 69.0 Å². The lowest BCUT2D eigenvalue weighted by molar-refractivity contribution is 0.101. The Labute approximate surface area is 176 Å². The monoisotopic (exact) mass is 422 g/mol. The van der Waals surface area contributed by atoms with Crippen LogP contribution in [0, 0.1) is 5.82 Å². The second-order valence-corrected chi connectivity index (χ2v) is 6.78. The van der Waals surface area contributed by atoms with Crippen LogP contribution in [0.4, 0.5) is 10.1 Å². The van der Waals surface area contributed by atoms with Gasteiger partial charge in [-0.15, -0.1) is 5.10 Å². The number of nitrogens with zero attached hydrogens (tertiary/aromatic N) is 3. The number of methoxy groups -OCH3 is 1. The van der Waals surface area contributed by atoms with E-state index < -0.39 is 11.7 Å². The molecule has 0 saturated carbocycles. The largest absolute Gasteiger partial charge is 0.497 e. The first-order valence-electron chi connectivity index (χ1n) is 8.98. The molecule has 0 radical (unpaired) electrons. The van der Waals surface area contributed by atoms with Gasteiger partial charge in [0.25, 0.3) is 5.91 Å². The molecule has 3 aromatic carbocycles. The van der Waals surface area contributed by atoms with Crippen LogP contribution in [0.15, 0.2) is 72.8 Å². The van der Waals surface area contributed by atoms with Gasteiger partial charge in [-0.1, -0.05) is 17.7 Å². The van der Waals surface area contributed by atoms with E-state index >= 15 is 0 Å². The molecule has 30 heavy (non-hydrogen) atoms. The molecule has 0 aliphatic heterocycles. The van der Waals surface area contributed by atoms with E-state index in [-0.39, 0.29) is 5.82 Å². The maximum Gasteiger partial charge on any atom is 0.295 e. The van der Waals surface area contributed by atoms with Crippen molar-refractivity contribution in [1.82, 2.24) is 14.8 Å². The molecule has 1 amide bonds. The summed E-state index contributed by atoms with van der Waals surface area (Å²) in [5, 5.41) is 7.58. The van der Waals surface area contributed by atoms with Crippen LogP contribution in [0.25, 0.3) is 17.1 Å². The van der Waals surface area contributed by atoms with Gasteiger partial charge in [0.2, 0.25) is 5.82 Å². The van der Waals surface area contributed by atoms with Crippen LogP contribution in [0.5, 0.6) is 5.75 Å². The van der Waals surface area contributed by atoms with Crippen molar-refractivity contribution >= 4 is 23.2 Å². The minimum Gasteiger partial charge on any atom is -0.497 e. The maximum absolute atomic E-state index is 13.1. The molecule has 0 bridgehead atoms. The highest BCUT2D eigenvalue weighted by atomic mass is 35.5. The molecule has 8 heteroatoms. The molecule has 0 unspecified atom stereocenters. The van der Waals surface area contributed by atoms with Gasteiger partial charge in [-0.25, -0.2) is 14.1 Å². The molecule has 4 aromatic rings. The van der Waals surface area contributed by atoms with Crippen LogP contribution in [-0.4, -0.2) is 27.8 Å². The number of hydrogen-bond acceptors (Lipinski definition) is 4. The standard InChI is InChI=1S/C22H16ClFN4O2/c1-30-19-11-5-14(6-12-19)21-26-20(22(29)25-17-9-7-16(24)8-10-17)27-28(21)18-4-2-3-15(23)13-18/h2-13H,1H3,(H,25,29). The average Bonchev–Trinajstić information content (AvgIpc) is 3.21. The molecule has 0 atom stereocenters. The van der Waals surface area contributed by atoms with Crippen LogP contribution in [0.1, 0.15) is 10.6 Å². The zero-order valence-electron chi connectivity index (χ0n) is 15.8. The highest BCUT2D eigenvalue weighted by Crippen LogP contribution is 2.25. The van der Waals surface area contributed by atoms with Crippen LogP contribution >= 0.6 is 11.6 Å². The Hall–Kier alpha value is -3.71. The molecule has 1 heterocycles. The van der Waals surface area contributed by atoms with Crippen molar-refractivity contribution < 1.29 is 13.9 Å². The summed E-state index contributed by atoms with van der Waals surface area (Å²) in [6.45, 7) is 0. The highest BCUT2D eigenvalue weighted by Gasteiger charge is 2.19. The third kappa shape index (κ3) is 4.16. The number of carbonyl (C=O) groups is 1. The van der Waals surface area contributed by atoms with Crippen molar-refractivity contribution in [2.75, 3.05) is 12.4 Å². The molecule has 0 spiro atoms. The fourth-order valence-electron chi connectivity index (χ4n) is 2.84. The summed E-state index contributed by atoms with van der Waals surface area (Å²) in [7, 11) is 1.58. The summed E-state index contributed by atoms with van der Waals surface area (Å²) in [5.74, 6) is 0.214. The van der Waals surface area contributed by atoms with E-state index in [4.69, 9.17) is 16.3 Å². The highest BCUT2D eigenvalue weighted by molar-refractivity contribution is 6.30. The molecule has 1 aromatic heterocycles. The molecule has 0 saturated heterocycles. The third-order valence-corrected chi connectivity index (χ3v) is 4.55. The number of rotatable bonds is 5. The lowest BCUT2D eigenvalue weighted by atomic mass is 10.2. The zero-order valence-corrected chi connectivity index (χ0v) is 16.6. The van der Waals surface area contributed by atoms with Gasteiger partial charge in [0.05, 0.1) is 12.8 Å². The van der Waals surface area contributed by atoms with Crippen LogP contribution in [0.2, 0.25) is 5.02 Å². The Kier molecular flexibility index (Phi) is 5.45. The van der Waals surface area contributed by atoms with E-state index in [2.05, 4.69) is 15.4 Å². The molecule has 150 valence electrons. The summed E-state index contributed by atoms with van der Waals surface area (Å²) in [6, 6.07) is 19.8. The first kappa shape index (κ1) is 19.6. The fraction of sp³-hybridized carbons (Fsp3) is 0.0455. The van der Waals surface area contributed by atoms with Crippen molar-refractivity contribution in [1.29, 1.82) is 0 Å². The molecule has 4 rings (SSSR count). The zero-order chi connectivity index (χ0) is 21.1. The first-order valence-corrected chi connectivity index (χ1v) is 9.35. The number of amides is 1. The average molecular weight is 423 g/mol. The number of aromatic nitrogens is 3. The number of halogens is 2. The fourth-order valence-corrected chi connectivity index (χ4v) is 3.03. The van der Waals surface area contributed by atoms with Gasteiger partial charge in [-0.3, -0.25) is 4.79 Å². The molecular weight excluding hydrogens is 407 g/mol. The number of benzene rings is 3. The van der Waals surface area contributed by atoms with Gasteiger partial charge in [0.1, 0.15) is 11.6 Å². The van der Waals surface area contributed by atoms with E-state index in [0.717, 1.165) is 5.56 Å². The Bertz CT molecular complexity index is 1190. The minimum atomic E-state index is -0.517. The molecule has 0 fully saturated rings. The van der Waals surface area contributed by atoms with E-state index in [0.29, 0.717) is 28.0 Å². The molecule has 0 aliphatic carbocycles. The van der Waals surface area contributed by atoms with Gasteiger partial charge in [0.15, 0.2) is 5.82 Å². The van der Waals surface area contributed by atoms with Crippen LogP contribution in [0.3, 0.4) is 0 Å². The SMILES string of the molecule is COc1ccc(-c2nc(C(=O)Nc3ccc(F)cc3)nn2-c2cccc(Cl)c2)cc1. The van der Waals surface area contributed by atoms with Crippen molar-refractivity contribution in [3.8, 4) is 22.8 Å². The Morgan fingerprint density at radius 3 is 2.47 bits per heavy atom. The summed E-state index contributed by atoms with van der Waals surface area (Å²) < 4.78 is 19.9. The quantitative estimate of drug-likeness (QED) is 0.492. The lowest BCUT2D eigenvalue weighted by Crippen LogP contribution is -2.14. The molecular formula is C22H16ClFN4O2. The van der Waals surface area contributed by atoms with Gasteiger partial charge >= 0.3 is 0 Å². The number of carbonyl (C=O) groups excluding carboxylic acids is 1. The minimum absolute atomic E-state index is 0.0369. The first-order chi connectivity index (χ1) is 14.5. The summed E-state index contributed by atoms with van der Waals surface area (Å²) in [5.41, 5.74) is 1.83. The molecule has 6 nitrogen and oxygen atoms in total.